The lowest BCUT2D eigenvalue weighted by molar-refractivity contribution is -0.119. The highest BCUT2D eigenvalue weighted by atomic mass is 16.2. The van der Waals surface area contributed by atoms with Crippen molar-refractivity contribution in [1.29, 1.82) is 0 Å². The molecule has 0 saturated heterocycles. The van der Waals surface area contributed by atoms with Gasteiger partial charge in [0.25, 0.3) is 5.91 Å². The summed E-state index contributed by atoms with van der Waals surface area (Å²) in [6, 6.07) is 6.79. The monoisotopic (exact) mass is 235 g/mol. The number of rotatable bonds is 5. The van der Waals surface area contributed by atoms with E-state index in [-0.39, 0.29) is 17.9 Å². The molecule has 0 radical (unpaired) electrons. The van der Waals surface area contributed by atoms with Gasteiger partial charge >= 0.3 is 0 Å². The Balaban J connectivity index is 2.57. The van der Waals surface area contributed by atoms with Crippen LogP contribution >= 0.6 is 0 Å². The van der Waals surface area contributed by atoms with E-state index in [9.17, 15) is 9.59 Å². The number of nitrogens with one attached hydrogen (secondary N) is 2. The van der Waals surface area contributed by atoms with Crippen molar-refractivity contribution in [2.75, 3.05) is 7.05 Å². The van der Waals surface area contributed by atoms with Crippen LogP contribution in [0.2, 0.25) is 0 Å². The first-order valence-corrected chi connectivity index (χ1v) is 5.38. The molecule has 1 aromatic rings. The van der Waals surface area contributed by atoms with Crippen LogP contribution in [-0.4, -0.2) is 24.9 Å². The molecule has 0 heterocycles. The highest BCUT2D eigenvalue weighted by Crippen LogP contribution is 2.04. The molecule has 92 valence electrons. The number of hydrogen-bond donors (Lipinski definition) is 3. The van der Waals surface area contributed by atoms with Crippen LogP contribution in [0.15, 0.2) is 24.3 Å². The summed E-state index contributed by atoms with van der Waals surface area (Å²) in [5.74, 6) is -0.498. The Labute approximate surface area is 100 Å². The smallest absolute Gasteiger partial charge is 0.251 e. The van der Waals surface area contributed by atoms with E-state index in [1.807, 2.05) is 12.1 Å². The molecule has 0 aliphatic heterocycles. The van der Waals surface area contributed by atoms with Crippen molar-refractivity contribution in [3.8, 4) is 0 Å². The third-order valence-corrected chi connectivity index (χ3v) is 2.48. The van der Waals surface area contributed by atoms with Gasteiger partial charge in [-0.3, -0.25) is 9.59 Å². The molecule has 17 heavy (non-hydrogen) atoms. The SMILES string of the molecule is CNC(=O)c1ccc(CNC(C)C(N)=O)cc1. The largest absolute Gasteiger partial charge is 0.368 e. The van der Waals surface area contributed by atoms with E-state index >= 15 is 0 Å². The molecule has 0 spiro atoms. The number of carbonyl (C=O) groups excluding carboxylic acids is 2. The van der Waals surface area contributed by atoms with Crippen LogP contribution in [0.1, 0.15) is 22.8 Å². The Morgan fingerprint density at radius 2 is 1.88 bits per heavy atom. The average molecular weight is 235 g/mol. The van der Waals surface area contributed by atoms with Crippen molar-refractivity contribution in [3.63, 3.8) is 0 Å². The second-order valence-electron chi connectivity index (χ2n) is 3.78. The molecule has 1 rings (SSSR count). The molecule has 5 heteroatoms. The number of carbonyl (C=O) groups is 2. The minimum Gasteiger partial charge on any atom is -0.368 e. The zero-order valence-electron chi connectivity index (χ0n) is 9.99. The summed E-state index contributed by atoms with van der Waals surface area (Å²) >= 11 is 0. The molecular weight excluding hydrogens is 218 g/mol. The summed E-state index contributed by atoms with van der Waals surface area (Å²) < 4.78 is 0. The van der Waals surface area contributed by atoms with E-state index in [1.165, 1.54) is 0 Å². The van der Waals surface area contributed by atoms with Crippen LogP contribution in [0, 0.1) is 0 Å². The van der Waals surface area contributed by atoms with Crippen molar-refractivity contribution in [1.82, 2.24) is 10.6 Å². The van der Waals surface area contributed by atoms with Gasteiger partial charge < -0.3 is 16.4 Å². The fourth-order valence-electron chi connectivity index (χ4n) is 1.29. The van der Waals surface area contributed by atoms with Crippen LogP contribution in [0.4, 0.5) is 0 Å². The van der Waals surface area contributed by atoms with E-state index in [4.69, 9.17) is 5.73 Å². The van der Waals surface area contributed by atoms with Gasteiger partial charge in [0.1, 0.15) is 0 Å². The van der Waals surface area contributed by atoms with Crippen molar-refractivity contribution in [3.05, 3.63) is 35.4 Å². The lowest BCUT2D eigenvalue weighted by Gasteiger charge is -2.10. The van der Waals surface area contributed by atoms with Gasteiger partial charge in [0.05, 0.1) is 6.04 Å². The van der Waals surface area contributed by atoms with Gasteiger partial charge in [0.15, 0.2) is 0 Å². The second kappa shape index (κ2) is 6.00. The van der Waals surface area contributed by atoms with Gasteiger partial charge in [-0.15, -0.1) is 0 Å². The highest BCUT2D eigenvalue weighted by molar-refractivity contribution is 5.93. The molecular formula is C12H17N3O2. The van der Waals surface area contributed by atoms with Gasteiger partial charge in [-0.05, 0) is 24.6 Å². The number of amides is 2. The summed E-state index contributed by atoms with van der Waals surface area (Å²) in [5.41, 5.74) is 6.73. The number of primary amides is 1. The minimum absolute atomic E-state index is 0.116. The van der Waals surface area contributed by atoms with Crippen LogP contribution in [0.3, 0.4) is 0 Å². The minimum atomic E-state index is -0.382. The molecule has 0 bridgehead atoms. The zero-order valence-corrected chi connectivity index (χ0v) is 9.99. The standard InChI is InChI=1S/C12H17N3O2/c1-8(11(13)16)15-7-9-3-5-10(6-4-9)12(17)14-2/h3-6,8,15H,7H2,1-2H3,(H2,13,16)(H,14,17). The van der Waals surface area contributed by atoms with Gasteiger partial charge in [0, 0.05) is 19.2 Å². The maximum absolute atomic E-state index is 11.3. The molecule has 5 nitrogen and oxygen atoms in total. The lowest BCUT2D eigenvalue weighted by atomic mass is 10.1. The molecule has 1 aromatic carbocycles. The van der Waals surface area contributed by atoms with E-state index in [0.717, 1.165) is 5.56 Å². The Morgan fingerprint density at radius 3 is 2.35 bits per heavy atom. The summed E-state index contributed by atoms with van der Waals surface area (Å²) in [4.78, 5) is 22.1. The molecule has 0 aliphatic carbocycles. The van der Waals surface area contributed by atoms with Crippen LogP contribution in [0.5, 0.6) is 0 Å². The maximum atomic E-state index is 11.3. The van der Waals surface area contributed by atoms with Crippen molar-refractivity contribution in [2.45, 2.75) is 19.5 Å². The average Bonchev–Trinajstić information content (AvgIpc) is 2.35. The molecule has 4 N–H and O–H groups in total. The van der Waals surface area contributed by atoms with Crippen molar-refractivity contribution >= 4 is 11.8 Å². The van der Waals surface area contributed by atoms with Crippen LogP contribution < -0.4 is 16.4 Å². The van der Waals surface area contributed by atoms with Crippen molar-refractivity contribution < 1.29 is 9.59 Å². The first-order valence-electron chi connectivity index (χ1n) is 5.38. The first-order chi connectivity index (χ1) is 8.04. The third kappa shape index (κ3) is 3.88. The predicted molar refractivity (Wildman–Crippen MR) is 65.3 cm³/mol. The number of nitrogens with two attached hydrogens (primary N) is 1. The molecule has 0 aliphatic rings. The van der Waals surface area contributed by atoms with E-state index in [2.05, 4.69) is 10.6 Å². The number of hydrogen-bond acceptors (Lipinski definition) is 3. The molecule has 1 unspecified atom stereocenters. The maximum Gasteiger partial charge on any atom is 0.251 e. The normalized spacial score (nSPS) is 11.9. The number of benzene rings is 1. The molecule has 0 aromatic heterocycles. The first kappa shape index (κ1) is 13.2. The van der Waals surface area contributed by atoms with E-state index < -0.39 is 0 Å². The summed E-state index contributed by atoms with van der Waals surface area (Å²) in [7, 11) is 1.59. The Kier molecular flexibility index (Phi) is 4.66. The summed E-state index contributed by atoms with van der Waals surface area (Å²) in [6.07, 6.45) is 0. The highest BCUT2D eigenvalue weighted by Gasteiger charge is 2.07. The molecule has 0 fully saturated rings. The van der Waals surface area contributed by atoms with Gasteiger partial charge in [-0.25, -0.2) is 0 Å². The van der Waals surface area contributed by atoms with Gasteiger partial charge in [-0.1, -0.05) is 12.1 Å². The molecule has 2 amide bonds. The second-order valence-corrected chi connectivity index (χ2v) is 3.78. The topological polar surface area (TPSA) is 84.2 Å². The Bertz CT molecular complexity index is 401. The lowest BCUT2D eigenvalue weighted by Crippen LogP contribution is -2.38. The summed E-state index contributed by atoms with van der Waals surface area (Å²) in [6.45, 7) is 2.25. The van der Waals surface area contributed by atoms with Crippen LogP contribution in [-0.2, 0) is 11.3 Å². The quantitative estimate of drug-likeness (QED) is 0.672. The molecule has 0 saturated carbocycles. The fraction of sp³-hybridized carbons (Fsp3) is 0.333. The van der Waals surface area contributed by atoms with Crippen LogP contribution in [0.25, 0.3) is 0 Å². The van der Waals surface area contributed by atoms with E-state index in [0.29, 0.717) is 12.1 Å². The predicted octanol–water partition coefficient (Wildman–Crippen LogP) is 0.00960. The zero-order chi connectivity index (χ0) is 12.8. The van der Waals surface area contributed by atoms with Crippen molar-refractivity contribution in [2.24, 2.45) is 5.73 Å². The molecule has 1 atom stereocenters. The van der Waals surface area contributed by atoms with E-state index in [1.54, 1.807) is 26.1 Å². The Hall–Kier alpha value is -1.88. The summed E-state index contributed by atoms with van der Waals surface area (Å²) in [5, 5.41) is 5.54. The Morgan fingerprint density at radius 1 is 1.29 bits per heavy atom. The third-order valence-electron chi connectivity index (χ3n) is 2.48. The fourth-order valence-corrected chi connectivity index (χ4v) is 1.29. The van der Waals surface area contributed by atoms with Gasteiger partial charge in [-0.2, -0.15) is 0 Å². The van der Waals surface area contributed by atoms with Gasteiger partial charge in [0.2, 0.25) is 5.91 Å².